The van der Waals surface area contributed by atoms with Gasteiger partial charge in [0.05, 0.1) is 11.6 Å². The summed E-state index contributed by atoms with van der Waals surface area (Å²) in [7, 11) is 1.51. The molecule has 0 aliphatic heterocycles. The molecule has 0 amide bonds. The number of anilines is 1. The molecule has 9 nitrogen and oxygen atoms in total. The molecule has 29 heavy (non-hydrogen) atoms. The maximum Gasteiger partial charge on any atom is 0.329 e. The van der Waals surface area contributed by atoms with Crippen molar-refractivity contribution in [2.24, 2.45) is 7.05 Å². The molecule has 0 saturated carbocycles. The summed E-state index contributed by atoms with van der Waals surface area (Å²) in [6.45, 7) is 3.76. The third-order valence-electron chi connectivity index (χ3n) is 4.14. The van der Waals surface area contributed by atoms with E-state index in [1.807, 2.05) is 13.8 Å². The summed E-state index contributed by atoms with van der Waals surface area (Å²) < 4.78 is 8.35. The lowest BCUT2D eigenvalue weighted by molar-refractivity contribution is 0.0938. The Labute approximate surface area is 175 Å². The summed E-state index contributed by atoms with van der Waals surface area (Å²) in [4.78, 5) is 30.9. The number of aromatic nitrogens is 4. The van der Waals surface area contributed by atoms with Crippen molar-refractivity contribution in [1.29, 1.82) is 0 Å². The minimum Gasteiger partial charge on any atom is -0.489 e. The predicted molar refractivity (Wildman–Crippen MR) is 112 cm³/mol. The predicted octanol–water partition coefficient (Wildman–Crippen LogP) is 1.99. The van der Waals surface area contributed by atoms with Gasteiger partial charge in [0.15, 0.2) is 11.2 Å². The van der Waals surface area contributed by atoms with E-state index in [1.165, 1.54) is 16.2 Å². The number of imidazole rings is 1. The zero-order valence-corrected chi connectivity index (χ0v) is 17.6. The van der Waals surface area contributed by atoms with Crippen LogP contribution in [0.2, 0.25) is 10.0 Å². The number of fused-ring (bicyclic) bond motifs is 1. The van der Waals surface area contributed by atoms with Gasteiger partial charge in [0.25, 0.3) is 5.56 Å². The van der Waals surface area contributed by atoms with Gasteiger partial charge in [-0.05, 0) is 32.0 Å². The van der Waals surface area contributed by atoms with Gasteiger partial charge in [-0.15, -0.1) is 0 Å². The monoisotopic (exact) mass is 441 g/mol. The zero-order valence-electron chi connectivity index (χ0n) is 16.1. The number of hydrogen-bond acceptors (Lipinski definition) is 6. The van der Waals surface area contributed by atoms with Crippen LogP contribution in [-0.4, -0.2) is 43.0 Å². The van der Waals surface area contributed by atoms with Gasteiger partial charge in [0.1, 0.15) is 18.5 Å². The van der Waals surface area contributed by atoms with Gasteiger partial charge in [-0.1, -0.05) is 23.2 Å². The average Bonchev–Trinajstić information content (AvgIpc) is 2.97. The van der Waals surface area contributed by atoms with Gasteiger partial charge in [0.2, 0.25) is 5.95 Å². The van der Waals surface area contributed by atoms with E-state index >= 15 is 0 Å². The number of ether oxygens (including phenoxy) is 1. The number of nitrogens with zero attached hydrogens (tertiary/aromatic N) is 3. The second-order valence-electron chi connectivity index (χ2n) is 6.88. The number of H-pyrrole nitrogens is 1. The first-order chi connectivity index (χ1) is 13.7. The van der Waals surface area contributed by atoms with Crippen LogP contribution in [-0.2, 0) is 13.6 Å². The van der Waals surface area contributed by atoms with Crippen molar-refractivity contribution in [3.63, 3.8) is 0 Å². The number of nitrogens with one attached hydrogen (secondary N) is 2. The van der Waals surface area contributed by atoms with Crippen LogP contribution in [0.15, 0.2) is 27.8 Å². The van der Waals surface area contributed by atoms with Crippen LogP contribution in [0.4, 0.5) is 5.95 Å². The maximum atomic E-state index is 12.4. The molecule has 2 heterocycles. The summed E-state index contributed by atoms with van der Waals surface area (Å²) in [5, 5.41) is 14.4. The molecule has 2 aromatic heterocycles. The van der Waals surface area contributed by atoms with Crippen LogP contribution < -0.4 is 21.3 Å². The van der Waals surface area contributed by atoms with E-state index in [0.717, 1.165) is 0 Å². The van der Waals surface area contributed by atoms with E-state index in [-0.39, 0.29) is 30.4 Å². The molecule has 3 N–H and O–H groups in total. The minimum atomic E-state index is -0.983. The van der Waals surface area contributed by atoms with Gasteiger partial charge in [-0.3, -0.25) is 14.3 Å². The molecule has 0 unspecified atom stereocenters. The van der Waals surface area contributed by atoms with Crippen LogP contribution >= 0.6 is 23.2 Å². The van der Waals surface area contributed by atoms with Crippen molar-refractivity contribution in [3.8, 4) is 5.75 Å². The van der Waals surface area contributed by atoms with Gasteiger partial charge >= 0.3 is 5.69 Å². The van der Waals surface area contributed by atoms with Crippen LogP contribution in [0.1, 0.15) is 13.8 Å². The Bertz CT molecular complexity index is 1150. The summed E-state index contributed by atoms with van der Waals surface area (Å²) >= 11 is 11.9. The second-order valence-corrected chi connectivity index (χ2v) is 7.72. The molecule has 0 radical (unpaired) electrons. The lowest BCUT2D eigenvalue weighted by atomic mass is 10.3. The topological polar surface area (TPSA) is 114 Å². The summed E-state index contributed by atoms with van der Waals surface area (Å²) in [5.41, 5.74) is -0.750. The van der Waals surface area contributed by atoms with Crippen LogP contribution in [0.3, 0.4) is 0 Å². The van der Waals surface area contributed by atoms with E-state index in [1.54, 1.807) is 18.2 Å². The number of benzene rings is 1. The minimum absolute atomic E-state index is 0.0120. The van der Waals surface area contributed by atoms with Crippen molar-refractivity contribution < 1.29 is 9.84 Å². The third-order valence-corrected chi connectivity index (χ3v) is 4.67. The Hall–Kier alpha value is -2.49. The Balaban J connectivity index is 1.90. The molecule has 1 atom stereocenters. The fourth-order valence-corrected chi connectivity index (χ4v) is 3.29. The Morgan fingerprint density at radius 3 is 2.69 bits per heavy atom. The molecule has 0 bridgehead atoms. The Kier molecular flexibility index (Phi) is 6.21. The molecule has 3 aromatic rings. The number of aliphatic hydroxyl groups excluding tert-OH is 1. The molecule has 1 aromatic carbocycles. The SMILES string of the molecule is CC(C)Nc1nc2c(c(=O)[nH]c(=O)n2C)n1C[C@H](O)COc1ccc(Cl)cc1Cl. The van der Waals surface area contributed by atoms with Crippen molar-refractivity contribution in [2.75, 3.05) is 11.9 Å². The molecule has 156 valence electrons. The molecule has 0 spiro atoms. The fourth-order valence-electron chi connectivity index (χ4n) is 2.82. The highest BCUT2D eigenvalue weighted by Gasteiger charge is 2.20. The Morgan fingerprint density at radius 1 is 1.31 bits per heavy atom. The van der Waals surface area contributed by atoms with Crippen LogP contribution in [0, 0.1) is 0 Å². The van der Waals surface area contributed by atoms with Gasteiger partial charge in [-0.25, -0.2) is 4.79 Å². The quantitative estimate of drug-likeness (QED) is 0.516. The molecule has 0 fully saturated rings. The van der Waals surface area contributed by atoms with Crippen LogP contribution in [0.25, 0.3) is 11.2 Å². The molecular formula is C18H21Cl2N5O4. The molecule has 0 aliphatic carbocycles. The van der Waals surface area contributed by atoms with Crippen molar-refractivity contribution in [2.45, 2.75) is 32.5 Å². The van der Waals surface area contributed by atoms with E-state index in [2.05, 4.69) is 15.3 Å². The van der Waals surface area contributed by atoms with Crippen molar-refractivity contribution in [1.82, 2.24) is 19.1 Å². The maximum absolute atomic E-state index is 12.4. The van der Waals surface area contributed by atoms with Crippen molar-refractivity contribution in [3.05, 3.63) is 49.1 Å². The van der Waals surface area contributed by atoms with E-state index < -0.39 is 17.4 Å². The highest BCUT2D eigenvalue weighted by atomic mass is 35.5. The lowest BCUT2D eigenvalue weighted by Crippen LogP contribution is -2.31. The Morgan fingerprint density at radius 2 is 2.03 bits per heavy atom. The number of halogens is 2. The number of aromatic amines is 1. The summed E-state index contributed by atoms with van der Waals surface area (Å²) in [6, 6.07) is 4.79. The molecule has 0 saturated heterocycles. The van der Waals surface area contributed by atoms with Crippen LogP contribution in [0.5, 0.6) is 5.75 Å². The largest absolute Gasteiger partial charge is 0.489 e. The first kappa shape index (κ1) is 21.2. The number of rotatable bonds is 7. The van der Waals surface area contributed by atoms with Gasteiger partial charge < -0.3 is 19.7 Å². The fraction of sp³-hybridized carbons (Fsp3) is 0.389. The third kappa shape index (κ3) is 4.58. The van der Waals surface area contributed by atoms with Gasteiger partial charge in [-0.2, -0.15) is 4.98 Å². The highest BCUT2D eigenvalue weighted by Crippen LogP contribution is 2.27. The molecule has 11 heteroatoms. The lowest BCUT2D eigenvalue weighted by Gasteiger charge is -2.17. The molecule has 3 rings (SSSR count). The number of aryl methyl sites for hydroxylation is 1. The summed E-state index contributed by atoms with van der Waals surface area (Å²) in [5.74, 6) is 0.747. The zero-order chi connectivity index (χ0) is 21.3. The van der Waals surface area contributed by atoms with E-state index in [0.29, 0.717) is 21.7 Å². The number of hydrogen-bond donors (Lipinski definition) is 3. The van der Waals surface area contributed by atoms with Gasteiger partial charge in [0, 0.05) is 18.1 Å². The van der Waals surface area contributed by atoms with E-state index in [9.17, 15) is 14.7 Å². The molecular weight excluding hydrogens is 421 g/mol. The second kappa shape index (κ2) is 8.48. The first-order valence-corrected chi connectivity index (χ1v) is 9.65. The smallest absolute Gasteiger partial charge is 0.329 e. The highest BCUT2D eigenvalue weighted by molar-refractivity contribution is 6.35. The standard InChI is InChI=1S/C18H21Cl2N5O4/c1-9(2)21-17-22-15-14(16(27)23-18(28)24(15)3)25(17)7-11(26)8-29-13-5-4-10(19)6-12(13)20/h4-6,9,11,26H,7-8H2,1-3H3,(H,21,22)(H,23,27,28)/t11-/m0/s1. The average molecular weight is 442 g/mol. The normalized spacial score (nSPS) is 12.5. The summed E-state index contributed by atoms with van der Waals surface area (Å²) in [6.07, 6.45) is -0.983. The van der Waals surface area contributed by atoms with Crippen molar-refractivity contribution >= 4 is 40.3 Å². The van der Waals surface area contributed by atoms with E-state index in [4.69, 9.17) is 27.9 Å². The first-order valence-electron chi connectivity index (χ1n) is 8.89. The molecule has 0 aliphatic rings. The number of aliphatic hydroxyl groups is 1.